The van der Waals surface area contributed by atoms with Gasteiger partial charge in [0, 0.05) is 6.42 Å². The number of carboxylic acid groups (broad SMARTS) is 1. The smallest absolute Gasteiger partial charge is 0.332 e. The van der Waals surface area contributed by atoms with Gasteiger partial charge >= 0.3 is 5.97 Å². The van der Waals surface area contributed by atoms with E-state index in [0.717, 1.165) is 12.8 Å². The highest BCUT2D eigenvalue weighted by atomic mass is 16.4. The lowest BCUT2D eigenvalue weighted by atomic mass is 10.0. The van der Waals surface area contributed by atoms with Crippen molar-refractivity contribution in [1.29, 1.82) is 0 Å². The molecule has 0 saturated carbocycles. The van der Waals surface area contributed by atoms with Gasteiger partial charge in [-0.15, -0.1) is 0 Å². The van der Waals surface area contributed by atoms with E-state index in [1.165, 1.54) is 83.5 Å². The molecule has 1 atom stereocenters. The van der Waals surface area contributed by atoms with Crippen LogP contribution in [0.3, 0.4) is 0 Å². The number of hydrogen-bond donors (Lipinski definition) is 2. The largest absolute Gasteiger partial charge is 0.479 e. The third kappa shape index (κ3) is 17.5. The molecule has 0 radical (unpaired) electrons. The summed E-state index contributed by atoms with van der Waals surface area (Å²) >= 11 is 0. The van der Waals surface area contributed by atoms with Gasteiger partial charge in [0.05, 0.1) is 0 Å². The maximum absolute atomic E-state index is 10.4. The van der Waals surface area contributed by atoms with E-state index in [-0.39, 0.29) is 6.42 Å². The molecule has 0 aromatic heterocycles. The molecule has 0 aliphatic rings. The molecule has 3 heteroatoms. The number of carboxylic acids is 1. The van der Waals surface area contributed by atoms with Crippen LogP contribution in [0.2, 0.25) is 0 Å². The molecule has 0 aromatic rings. The number of aliphatic hydroxyl groups excluding tert-OH is 1. The van der Waals surface area contributed by atoms with E-state index in [9.17, 15) is 4.79 Å². The third-order valence-electron chi connectivity index (χ3n) is 4.54. The minimum atomic E-state index is -1.25. The highest BCUT2D eigenvalue weighted by molar-refractivity contribution is 5.72. The van der Waals surface area contributed by atoms with Crippen LogP contribution in [0.5, 0.6) is 0 Å². The Hall–Kier alpha value is -0.830. The van der Waals surface area contributed by atoms with Crippen molar-refractivity contribution in [3.05, 3.63) is 12.2 Å². The maximum atomic E-state index is 10.4. The summed E-state index contributed by atoms with van der Waals surface area (Å²) in [5.74, 6) is -1.14. The van der Waals surface area contributed by atoms with Gasteiger partial charge in [-0.25, -0.2) is 4.79 Å². The van der Waals surface area contributed by atoms with Crippen LogP contribution in [0.4, 0.5) is 0 Å². The number of aliphatic carboxylic acids is 1. The summed E-state index contributed by atoms with van der Waals surface area (Å²) in [6.07, 6.45) is 22.8. The second kappa shape index (κ2) is 18.5. The van der Waals surface area contributed by atoms with Crippen LogP contribution in [-0.4, -0.2) is 22.3 Å². The van der Waals surface area contributed by atoms with Crippen LogP contribution in [-0.2, 0) is 4.79 Å². The van der Waals surface area contributed by atoms with E-state index < -0.39 is 12.1 Å². The normalized spacial score (nSPS) is 12.8. The van der Waals surface area contributed by atoms with Crippen LogP contribution in [0.15, 0.2) is 12.2 Å². The van der Waals surface area contributed by atoms with Crippen molar-refractivity contribution in [2.24, 2.45) is 0 Å². The molecule has 0 rings (SSSR count). The second-order valence-electron chi connectivity index (χ2n) is 6.95. The molecule has 0 aliphatic heterocycles. The molecule has 0 amide bonds. The molecule has 0 saturated heterocycles. The van der Waals surface area contributed by atoms with Gasteiger partial charge in [-0.3, -0.25) is 0 Å². The average Bonchev–Trinajstić information content (AvgIpc) is 2.57. The highest BCUT2D eigenvalue weighted by Gasteiger charge is 2.09. The van der Waals surface area contributed by atoms with Crippen LogP contribution in [0.1, 0.15) is 110 Å². The van der Waals surface area contributed by atoms with Gasteiger partial charge in [-0.2, -0.15) is 0 Å². The standard InChI is InChI=1S/C21H40O3/c1-2-3-4-5-6-7-8-9-10-11-12-13-14-15-16-17-18-19-20(22)21(23)24/h17-18,20,22H,2-16,19H2,1H3,(H,23,24)/b18-17+. The van der Waals surface area contributed by atoms with Crippen LogP contribution in [0, 0.1) is 0 Å². The van der Waals surface area contributed by atoms with E-state index in [1.54, 1.807) is 6.08 Å². The second-order valence-corrected chi connectivity index (χ2v) is 6.95. The van der Waals surface area contributed by atoms with Gasteiger partial charge in [0.25, 0.3) is 0 Å². The van der Waals surface area contributed by atoms with E-state index in [4.69, 9.17) is 10.2 Å². The SMILES string of the molecule is CCCCCCCCCCCCCCCC/C=C/CC(O)C(=O)O. The van der Waals surface area contributed by atoms with Crippen molar-refractivity contribution in [3.63, 3.8) is 0 Å². The Balaban J connectivity index is 3.12. The number of hydrogen-bond acceptors (Lipinski definition) is 2. The number of allylic oxidation sites excluding steroid dienone is 1. The molecule has 2 N–H and O–H groups in total. The van der Waals surface area contributed by atoms with E-state index in [2.05, 4.69) is 6.92 Å². The summed E-state index contributed by atoms with van der Waals surface area (Å²) < 4.78 is 0. The summed E-state index contributed by atoms with van der Waals surface area (Å²) in [6, 6.07) is 0. The highest BCUT2D eigenvalue weighted by Crippen LogP contribution is 2.13. The predicted molar refractivity (Wildman–Crippen MR) is 102 cm³/mol. The Bertz CT molecular complexity index is 299. The molecule has 0 fully saturated rings. The monoisotopic (exact) mass is 340 g/mol. The fourth-order valence-electron chi connectivity index (χ4n) is 2.90. The van der Waals surface area contributed by atoms with E-state index >= 15 is 0 Å². The third-order valence-corrected chi connectivity index (χ3v) is 4.54. The van der Waals surface area contributed by atoms with Gasteiger partial charge in [-0.1, -0.05) is 103 Å². The molecule has 142 valence electrons. The van der Waals surface area contributed by atoms with Crippen LogP contribution < -0.4 is 0 Å². The average molecular weight is 341 g/mol. The lowest BCUT2D eigenvalue weighted by molar-refractivity contribution is -0.146. The first-order chi connectivity index (χ1) is 11.7. The first-order valence-corrected chi connectivity index (χ1v) is 10.2. The summed E-state index contributed by atoms with van der Waals surface area (Å²) in [4.78, 5) is 10.4. The summed E-state index contributed by atoms with van der Waals surface area (Å²) in [6.45, 7) is 2.27. The van der Waals surface area contributed by atoms with Gasteiger partial charge in [0.2, 0.25) is 0 Å². The van der Waals surface area contributed by atoms with Crippen molar-refractivity contribution < 1.29 is 15.0 Å². The van der Waals surface area contributed by atoms with Crippen molar-refractivity contribution in [1.82, 2.24) is 0 Å². The Labute approximate surface area is 149 Å². The Morgan fingerprint density at radius 3 is 1.58 bits per heavy atom. The molecule has 24 heavy (non-hydrogen) atoms. The fourth-order valence-corrected chi connectivity index (χ4v) is 2.90. The Kier molecular flexibility index (Phi) is 17.9. The minimum Gasteiger partial charge on any atom is -0.479 e. The first-order valence-electron chi connectivity index (χ1n) is 10.2. The van der Waals surface area contributed by atoms with Gasteiger partial charge in [0.15, 0.2) is 6.10 Å². The van der Waals surface area contributed by atoms with Crippen LogP contribution in [0.25, 0.3) is 0 Å². The quantitative estimate of drug-likeness (QED) is 0.229. The molecule has 0 aromatic carbocycles. The van der Waals surface area contributed by atoms with Gasteiger partial charge in [0.1, 0.15) is 0 Å². The minimum absolute atomic E-state index is 0.216. The molecule has 3 nitrogen and oxygen atoms in total. The van der Waals surface area contributed by atoms with E-state index in [0.29, 0.717) is 0 Å². The van der Waals surface area contributed by atoms with Crippen LogP contribution >= 0.6 is 0 Å². The zero-order chi connectivity index (χ0) is 17.9. The Morgan fingerprint density at radius 2 is 1.17 bits per heavy atom. The van der Waals surface area contributed by atoms with Crippen molar-refractivity contribution in [3.8, 4) is 0 Å². The fraction of sp³-hybridized carbons (Fsp3) is 0.857. The molecule has 0 heterocycles. The van der Waals surface area contributed by atoms with Crippen molar-refractivity contribution in [2.75, 3.05) is 0 Å². The van der Waals surface area contributed by atoms with Crippen molar-refractivity contribution in [2.45, 2.75) is 116 Å². The maximum Gasteiger partial charge on any atom is 0.332 e. The molecule has 0 spiro atoms. The zero-order valence-corrected chi connectivity index (χ0v) is 15.8. The number of unbranched alkanes of at least 4 members (excludes halogenated alkanes) is 14. The van der Waals surface area contributed by atoms with Gasteiger partial charge in [-0.05, 0) is 12.8 Å². The molecule has 1 unspecified atom stereocenters. The summed E-state index contributed by atoms with van der Waals surface area (Å²) in [7, 11) is 0. The number of rotatable bonds is 18. The lowest BCUT2D eigenvalue weighted by Gasteiger charge is -2.03. The molecule has 0 aliphatic carbocycles. The molecular formula is C21H40O3. The Morgan fingerprint density at radius 1 is 0.750 bits per heavy atom. The number of carbonyl (C=O) groups is 1. The first kappa shape index (κ1) is 23.2. The molecule has 0 bridgehead atoms. The topological polar surface area (TPSA) is 57.5 Å². The van der Waals surface area contributed by atoms with Gasteiger partial charge < -0.3 is 10.2 Å². The lowest BCUT2D eigenvalue weighted by Crippen LogP contribution is -2.17. The summed E-state index contributed by atoms with van der Waals surface area (Å²) in [5, 5.41) is 17.6. The van der Waals surface area contributed by atoms with E-state index in [1.807, 2.05) is 6.08 Å². The van der Waals surface area contributed by atoms with Crippen molar-refractivity contribution >= 4 is 5.97 Å². The summed E-state index contributed by atoms with van der Waals surface area (Å²) in [5.41, 5.74) is 0. The molecular weight excluding hydrogens is 300 g/mol. The predicted octanol–water partition coefficient (Wildman–Crippen LogP) is 6.25. The zero-order valence-electron chi connectivity index (χ0n) is 15.8. The number of aliphatic hydroxyl groups is 1.